The molecule has 688 valence electrons. The Hall–Kier alpha value is -5.07. The van der Waals surface area contributed by atoms with Crippen LogP contribution < -0.4 is 11.1 Å². The summed E-state index contributed by atoms with van der Waals surface area (Å²) in [5.74, 6) is 4.97. The first-order chi connectivity index (χ1) is 59.0. The highest BCUT2D eigenvalue weighted by Crippen LogP contribution is 2.34. The average Bonchev–Trinajstić information content (AvgIpc) is 0.886. The predicted molar refractivity (Wildman–Crippen MR) is 473 cm³/mol. The van der Waals surface area contributed by atoms with Crippen LogP contribution in [0, 0.1) is 17.8 Å². The first-order valence-electron chi connectivity index (χ1n) is 46.2. The van der Waals surface area contributed by atoms with Gasteiger partial charge in [0.05, 0.1) is 202 Å². The number of carbonyl (C=O) groups is 3. The number of amidine groups is 1. The monoisotopic (exact) mass is 1710 g/mol. The van der Waals surface area contributed by atoms with E-state index in [2.05, 4.69) is 22.2 Å². The third kappa shape index (κ3) is 58.9. The number of fused-ring (bicyclic) bond motifs is 1. The Balaban J connectivity index is 0.752. The quantitative estimate of drug-likeness (QED) is 0.0353. The maximum Gasteiger partial charge on any atom is 0.305 e. The Morgan fingerprint density at radius 2 is 0.783 bits per heavy atom. The van der Waals surface area contributed by atoms with Crippen molar-refractivity contribution < 1.29 is 99.3 Å². The minimum atomic E-state index is -3.70. The maximum absolute atomic E-state index is 13.9. The van der Waals surface area contributed by atoms with E-state index in [1.165, 1.54) is 203 Å². The molecule has 1 fully saturated rings. The fraction of sp³-hybridized carbons (Fsp3) is 0.785. The zero-order chi connectivity index (χ0) is 85.6. The fourth-order valence-corrected chi connectivity index (χ4v) is 15.4. The molecule has 26 nitrogen and oxygen atoms in total. The zero-order valence-corrected chi connectivity index (χ0v) is 74.7. The van der Waals surface area contributed by atoms with E-state index in [-0.39, 0.29) is 87.1 Å². The molecule has 2 aliphatic rings. The number of hydrogen-bond donors (Lipinski definition) is 4. The van der Waals surface area contributed by atoms with Gasteiger partial charge < -0.3 is 92.5 Å². The molecular formula is C93H159N5O21S. The molecule has 0 saturated carbocycles. The van der Waals surface area contributed by atoms with Gasteiger partial charge in [0, 0.05) is 69.4 Å². The second kappa shape index (κ2) is 77.5. The second-order valence-corrected chi connectivity index (χ2v) is 33.1. The molecule has 2 heterocycles. The van der Waals surface area contributed by atoms with E-state index in [1.54, 1.807) is 29.2 Å². The number of rotatable bonds is 87. The highest BCUT2D eigenvalue weighted by atomic mass is 32.2. The summed E-state index contributed by atoms with van der Waals surface area (Å²) in [5, 5.41) is 20.8. The summed E-state index contributed by atoms with van der Waals surface area (Å²) < 4.78 is 106. The van der Waals surface area contributed by atoms with E-state index in [0.717, 1.165) is 25.0 Å². The SMILES string of the molecule is CCCN(CC#CCNC(=O)CCOCCOCCOCCOCCOCCOCCOCCOCCOCCOCCOCCOCCOCCCCCCCCCCCCCCCCCCCCCCCCCCCCCCCCCCCOCCC(=O)O)C(=O)C1=Cc2ccc(-c3cccc(S(=O)(=O)N4CC(CO)C4)c3)cc2N=C(N)C1. The van der Waals surface area contributed by atoms with Gasteiger partial charge >= 0.3 is 5.97 Å². The van der Waals surface area contributed by atoms with Crippen molar-refractivity contribution in [3.05, 3.63) is 53.6 Å². The van der Waals surface area contributed by atoms with E-state index in [0.29, 0.717) is 207 Å². The van der Waals surface area contributed by atoms with Gasteiger partial charge in [-0.2, -0.15) is 4.31 Å². The summed E-state index contributed by atoms with van der Waals surface area (Å²) in [6, 6.07) is 12.3. The fourth-order valence-electron chi connectivity index (χ4n) is 13.8. The number of unbranched alkanes of at least 4 members (excludes halogenated alkanes) is 32. The Labute approximate surface area is 722 Å². The number of carbonyl (C=O) groups excluding carboxylic acids is 2. The molecule has 27 heteroatoms. The topological polar surface area (TPSA) is 312 Å². The summed E-state index contributed by atoms with van der Waals surface area (Å²) in [6.45, 7) is 16.8. The van der Waals surface area contributed by atoms with Crippen LogP contribution in [-0.2, 0) is 90.7 Å². The molecule has 4 rings (SSSR count). The average molecular weight is 1720 g/mol. The minimum absolute atomic E-state index is 0.0484. The Bertz CT molecular complexity index is 3060. The van der Waals surface area contributed by atoms with Crippen LogP contribution in [0.15, 0.2) is 57.9 Å². The molecule has 0 bridgehead atoms. The second-order valence-electron chi connectivity index (χ2n) is 31.1. The molecule has 0 atom stereocenters. The number of ether oxygens (including phenoxy) is 14. The molecule has 120 heavy (non-hydrogen) atoms. The minimum Gasteiger partial charge on any atom is -0.481 e. The van der Waals surface area contributed by atoms with Crippen molar-refractivity contribution in [3.8, 4) is 23.0 Å². The lowest BCUT2D eigenvalue weighted by Crippen LogP contribution is -2.51. The van der Waals surface area contributed by atoms with E-state index >= 15 is 0 Å². The number of aliphatic hydroxyl groups is 1. The van der Waals surface area contributed by atoms with Crippen LogP contribution in [0.2, 0.25) is 0 Å². The molecule has 0 radical (unpaired) electrons. The van der Waals surface area contributed by atoms with Crippen LogP contribution in [-0.4, -0.2) is 276 Å². The molecule has 2 aromatic rings. The highest BCUT2D eigenvalue weighted by Gasteiger charge is 2.36. The van der Waals surface area contributed by atoms with E-state index in [4.69, 9.17) is 77.2 Å². The number of nitrogens with two attached hydrogens (primary N) is 1. The molecule has 0 unspecified atom stereocenters. The number of carboxylic acids is 1. The van der Waals surface area contributed by atoms with Gasteiger partial charge in [-0.05, 0) is 54.7 Å². The highest BCUT2D eigenvalue weighted by molar-refractivity contribution is 7.89. The number of carboxylic acid groups (broad SMARTS) is 1. The van der Waals surface area contributed by atoms with Crippen molar-refractivity contribution in [2.75, 3.05) is 224 Å². The van der Waals surface area contributed by atoms with Crippen molar-refractivity contribution in [3.63, 3.8) is 0 Å². The molecule has 2 aromatic carbocycles. The standard InChI is InChI=1S/C93H159N5O21S/c1-2-46-97(93(103)87-76-86-42-41-85(78-89(86)96-90(94)79-87)84-39-38-40-88(77-84)120(104,105)98-80-83(81-98)82-99)47-35-34-45-95-91(100)43-50-108-53-55-110-57-59-112-61-63-114-65-67-116-69-71-118-73-75-119-74-72-117-70-68-115-66-64-113-62-60-111-58-56-109-54-52-107-49-37-33-31-29-27-25-23-21-19-17-15-13-11-9-7-5-3-4-6-8-10-12-14-16-18-20-22-24-26-28-30-32-36-48-106-51-44-92(101)102/h38-42,76-78,83,99H,2-33,36-37,43-75,79-82H2,1H3,(H2,94,96)(H,95,100)(H,101,102). The van der Waals surface area contributed by atoms with E-state index < -0.39 is 16.0 Å². The van der Waals surface area contributed by atoms with Gasteiger partial charge in [-0.1, -0.05) is 242 Å². The van der Waals surface area contributed by atoms with Crippen molar-refractivity contribution in [2.24, 2.45) is 16.6 Å². The lowest BCUT2D eigenvalue weighted by Gasteiger charge is -2.36. The van der Waals surface area contributed by atoms with Crippen LogP contribution >= 0.6 is 0 Å². The predicted octanol–water partition coefficient (Wildman–Crippen LogP) is 15.1. The first kappa shape index (κ1) is 107. The lowest BCUT2D eigenvalue weighted by molar-refractivity contribution is -0.138. The molecule has 1 saturated heterocycles. The third-order valence-corrected chi connectivity index (χ3v) is 22.6. The number of amides is 2. The first-order valence-corrected chi connectivity index (χ1v) is 47.7. The van der Waals surface area contributed by atoms with Crippen LogP contribution in [0.4, 0.5) is 5.69 Å². The largest absolute Gasteiger partial charge is 0.481 e. The van der Waals surface area contributed by atoms with Crippen LogP contribution in [0.3, 0.4) is 0 Å². The third-order valence-electron chi connectivity index (χ3n) is 20.8. The van der Waals surface area contributed by atoms with Crippen molar-refractivity contribution in [1.29, 1.82) is 0 Å². The summed E-state index contributed by atoms with van der Waals surface area (Å²) in [5.41, 5.74) is 9.52. The smallest absolute Gasteiger partial charge is 0.305 e. The van der Waals surface area contributed by atoms with Gasteiger partial charge in [-0.25, -0.2) is 13.4 Å². The summed E-state index contributed by atoms with van der Waals surface area (Å²) >= 11 is 0. The molecule has 0 aromatic heterocycles. The van der Waals surface area contributed by atoms with Gasteiger partial charge in [-0.15, -0.1) is 0 Å². The van der Waals surface area contributed by atoms with Gasteiger partial charge in [0.2, 0.25) is 15.9 Å². The van der Waals surface area contributed by atoms with Gasteiger partial charge in [0.15, 0.2) is 0 Å². The molecule has 0 aliphatic carbocycles. The van der Waals surface area contributed by atoms with Crippen molar-refractivity contribution >= 4 is 45.4 Å². The number of aliphatic carboxylic acids is 1. The Morgan fingerprint density at radius 3 is 1.14 bits per heavy atom. The van der Waals surface area contributed by atoms with Gasteiger partial charge in [-0.3, -0.25) is 14.4 Å². The number of nitrogens with zero attached hydrogens (tertiary/aromatic N) is 3. The number of sulfonamides is 1. The van der Waals surface area contributed by atoms with Crippen molar-refractivity contribution in [1.82, 2.24) is 14.5 Å². The number of nitrogens with one attached hydrogen (secondary N) is 1. The summed E-state index contributed by atoms with van der Waals surface area (Å²) in [7, 11) is -3.70. The maximum atomic E-state index is 13.9. The lowest BCUT2D eigenvalue weighted by atomic mass is 10.0. The number of benzene rings is 2. The number of aliphatic imine (C=N–C) groups is 1. The molecular weight excluding hydrogens is 1560 g/mol. The normalized spacial score (nSPS) is 13.1. The molecule has 2 aliphatic heterocycles. The van der Waals surface area contributed by atoms with E-state index in [9.17, 15) is 27.9 Å². The van der Waals surface area contributed by atoms with Gasteiger partial charge in [0.1, 0.15) is 5.84 Å². The Kier molecular flexibility index (Phi) is 69.3. The number of aliphatic hydroxyl groups excluding tert-OH is 1. The molecule has 5 N–H and O–H groups in total. The number of hydrogen-bond acceptors (Lipinski definition) is 22. The molecule has 0 spiro atoms. The molecule has 2 amide bonds. The summed E-state index contributed by atoms with van der Waals surface area (Å²) in [4.78, 5) is 43.2. The van der Waals surface area contributed by atoms with Crippen LogP contribution in [0.5, 0.6) is 0 Å². The van der Waals surface area contributed by atoms with E-state index in [1.807, 2.05) is 31.2 Å². The summed E-state index contributed by atoms with van der Waals surface area (Å²) in [6.07, 6.45) is 48.3. The zero-order valence-electron chi connectivity index (χ0n) is 73.9. The Morgan fingerprint density at radius 1 is 0.450 bits per heavy atom. The van der Waals surface area contributed by atoms with Crippen LogP contribution in [0.25, 0.3) is 17.2 Å². The van der Waals surface area contributed by atoms with Crippen LogP contribution in [0.1, 0.15) is 250 Å². The van der Waals surface area contributed by atoms with Crippen molar-refractivity contribution in [2.45, 2.75) is 249 Å². The van der Waals surface area contributed by atoms with Gasteiger partial charge in [0.25, 0.3) is 5.91 Å².